The van der Waals surface area contributed by atoms with E-state index in [-0.39, 0.29) is 11.9 Å². The van der Waals surface area contributed by atoms with Crippen molar-refractivity contribution in [2.45, 2.75) is 46.6 Å². The van der Waals surface area contributed by atoms with Crippen LogP contribution in [0.3, 0.4) is 0 Å². The Bertz CT molecular complexity index is 783. The fourth-order valence-corrected chi connectivity index (χ4v) is 2.42. The largest absolute Gasteiger partial charge is 0.481 e. The maximum atomic E-state index is 12.4. The molecular weight excluding hydrogens is 342 g/mol. The van der Waals surface area contributed by atoms with Crippen LogP contribution in [0.15, 0.2) is 42.5 Å². The summed E-state index contributed by atoms with van der Waals surface area (Å²) in [5.41, 5.74) is 3.19. The average Bonchev–Trinajstić information content (AvgIpc) is 2.66. The fraction of sp³-hybridized carbons (Fsp3) is 0.364. The van der Waals surface area contributed by atoms with Gasteiger partial charge in [-0.25, -0.2) is 4.79 Å². The van der Waals surface area contributed by atoms with Gasteiger partial charge in [0.05, 0.1) is 12.2 Å². The van der Waals surface area contributed by atoms with Crippen molar-refractivity contribution in [3.63, 3.8) is 0 Å². The van der Waals surface area contributed by atoms with Crippen molar-refractivity contribution in [2.24, 2.45) is 0 Å². The highest BCUT2D eigenvalue weighted by Crippen LogP contribution is 2.22. The Kier molecular flexibility index (Phi) is 7.41. The highest BCUT2D eigenvalue weighted by Gasteiger charge is 2.16. The van der Waals surface area contributed by atoms with Gasteiger partial charge in [0.2, 0.25) is 0 Å². The molecule has 0 aliphatic carbocycles. The summed E-state index contributed by atoms with van der Waals surface area (Å²) in [6, 6.07) is 12.4. The number of ether oxygens (including phenoxy) is 2. The summed E-state index contributed by atoms with van der Waals surface area (Å²) in [6.07, 6.45) is 1.17. The monoisotopic (exact) mass is 369 g/mol. The molecule has 0 aliphatic rings. The molecule has 0 fully saturated rings. The molecule has 144 valence electrons. The molecule has 1 atom stereocenters. The summed E-state index contributed by atoms with van der Waals surface area (Å²) in [5, 5.41) is 2.80. The molecule has 0 bridgehead atoms. The van der Waals surface area contributed by atoms with Crippen molar-refractivity contribution in [2.75, 3.05) is 11.9 Å². The second-order valence-electron chi connectivity index (χ2n) is 6.51. The first-order valence-corrected chi connectivity index (χ1v) is 9.23. The van der Waals surface area contributed by atoms with Crippen LogP contribution < -0.4 is 10.1 Å². The van der Waals surface area contributed by atoms with Crippen molar-refractivity contribution >= 4 is 17.6 Å². The molecule has 2 rings (SSSR count). The summed E-state index contributed by atoms with van der Waals surface area (Å²) in [5.74, 6) is 0.0879. The third-order valence-corrected chi connectivity index (χ3v) is 4.35. The third kappa shape index (κ3) is 5.84. The quantitative estimate of drug-likeness (QED) is 0.543. The lowest BCUT2D eigenvalue weighted by Gasteiger charge is -2.17. The zero-order valence-electron chi connectivity index (χ0n) is 16.4. The van der Waals surface area contributed by atoms with Gasteiger partial charge in [-0.2, -0.15) is 0 Å². The van der Waals surface area contributed by atoms with Crippen molar-refractivity contribution < 1.29 is 19.1 Å². The van der Waals surface area contributed by atoms with E-state index in [0.717, 1.165) is 24.0 Å². The van der Waals surface area contributed by atoms with Gasteiger partial charge in [-0.1, -0.05) is 25.5 Å². The van der Waals surface area contributed by atoms with Crippen molar-refractivity contribution in [3.8, 4) is 5.75 Å². The predicted molar refractivity (Wildman–Crippen MR) is 106 cm³/mol. The summed E-state index contributed by atoms with van der Waals surface area (Å²) in [7, 11) is 0. The number of aryl methyl sites for hydroxylation is 1. The summed E-state index contributed by atoms with van der Waals surface area (Å²) in [4.78, 5) is 24.3. The molecular formula is C22H27NO4. The maximum absolute atomic E-state index is 12.4. The zero-order valence-corrected chi connectivity index (χ0v) is 16.4. The summed E-state index contributed by atoms with van der Waals surface area (Å²) < 4.78 is 11.0. The van der Waals surface area contributed by atoms with Gasteiger partial charge in [0.1, 0.15) is 5.75 Å². The van der Waals surface area contributed by atoms with Crippen LogP contribution in [0.5, 0.6) is 5.75 Å². The fourth-order valence-electron chi connectivity index (χ4n) is 2.42. The van der Waals surface area contributed by atoms with Crippen LogP contribution in [0, 0.1) is 13.8 Å². The molecule has 0 aromatic heterocycles. The molecule has 2 aromatic carbocycles. The van der Waals surface area contributed by atoms with Crippen LogP contribution in [0.1, 0.15) is 48.2 Å². The van der Waals surface area contributed by atoms with Gasteiger partial charge < -0.3 is 14.8 Å². The molecule has 0 unspecified atom stereocenters. The molecule has 5 nitrogen and oxygen atoms in total. The van der Waals surface area contributed by atoms with Gasteiger partial charge >= 0.3 is 5.97 Å². The number of unbranched alkanes of at least 4 members (excludes halogenated alkanes) is 1. The highest BCUT2D eigenvalue weighted by molar-refractivity contribution is 5.95. The first-order valence-electron chi connectivity index (χ1n) is 9.23. The van der Waals surface area contributed by atoms with Crippen molar-refractivity contribution in [1.29, 1.82) is 0 Å². The van der Waals surface area contributed by atoms with Gasteiger partial charge in [-0.05, 0) is 68.7 Å². The number of esters is 1. The average molecular weight is 369 g/mol. The van der Waals surface area contributed by atoms with Crippen LogP contribution >= 0.6 is 0 Å². The zero-order chi connectivity index (χ0) is 19.8. The topological polar surface area (TPSA) is 64.6 Å². The Morgan fingerprint density at radius 3 is 2.44 bits per heavy atom. The Hall–Kier alpha value is -2.82. The molecule has 5 heteroatoms. The molecule has 0 radical (unpaired) electrons. The van der Waals surface area contributed by atoms with Crippen LogP contribution in [0.2, 0.25) is 0 Å². The number of carbonyl (C=O) groups excluding carboxylic acids is 2. The molecule has 0 heterocycles. The highest BCUT2D eigenvalue weighted by atomic mass is 16.5. The molecule has 2 aromatic rings. The van der Waals surface area contributed by atoms with Gasteiger partial charge in [-0.3, -0.25) is 4.79 Å². The summed E-state index contributed by atoms with van der Waals surface area (Å²) >= 11 is 0. The lowest BCUT2D eigenvalue weighted by Crippen LogP contribution is -2.30. The van der Waals surface area contributed by atoms with Crippen molar-refractivity contribution in [1.82, 2.24) is 0 Å². The number of hydrogen-bond acceptors (Lipinski definition) is 4. The van der Waals surface area contributed by atoms with Gasteiger partial charge in [-0.15, -0.1) is 0 Å². The number of nitrogens with one attached hydrogen (secondary N) is 1. The first kappa shape index (κ1) is 20.5. The second-order valence-corrected chi connectivity index (χ2v) is 6.51. The van der Waals surface area contributed by atoms with Crippen LogP contribution in [-0.2, 0) is 9.53 Å². The van der Waals surface area contributed by atoms with Crippen LogP contribution in [-0.4, -0.2) is 24.6 Å². The van der Waals surface area contributed by atoms with E-state index in [0.29, 0.717) is 23.6 Å². The van der Waals surface area contributed by atoms with E-state index < -0.39 is 6.10 Å². The Balaban J connectivity index is 1.93. The number of benzene rings is 2. The number of amides is 1. The van der Waals surface area contributed by atoms with E-state index in [9.17, 15) is 9.59 Å². The van der Waals surface area contributed by atoms with Crippen LogP contribution in [0.25, 0.3) is 0 Å². The lowest BCUT2D eigenvalue weighted by molar-refractivity contribution is -0.122. The van der Waals surface area contributed by atoms with E-state index in [1.807, 2.05) is 39.0 Å². The third-order valence-electron chi connectivity index (χ3n) is 4.35. The van der Waals surface area contributed by atoms with E-state index in [4.69, 9.17) is 9.47 Å². The number of hydrogen-bond donors (Lipinski definition) is 1. The molecule has 0 saturated carbocycles. The number of carbonyl (C=O) groups is 2. The second kappa shape index (κ2) is 9.76. The van der Waals surface area contributed by atoms with E-state index >= 15 is 0 Å². The Labute approximate surface area is 160 Å². The normalized spacial score (nSPS) is 11.6. The lowest BCUT2D eigenvalue weighted by atomic mass is 10.1. The molecule has 1 N–H and O–H groups in total. The molecule has 1 amide bonds. The summed E-state index contributed by atoms with van der Waals surface area (Å²) in [6.45, 7) is 8.13. The standard InChI is InChI=1S/C22H27NO4/c1-5-6-14-26-22(25)18-10-12-19(13-11-18)23-21(24)17(4)27-20-9-7-8-15(2)16(20)3/h7-13,17H,5-6,14H2,1-4H3,(H,23,24)/t17-/m1/s1. The van der Waals surface area contributed by atoms with Crippen molar-refractivity contribution in [3.05, 3.63) is 59.2 Å². The molecule has 0 spiro atoms. The SMILES string of the molecule is CCCCOC(=O)c1ccc(NC(=O)[C@@H](C)Oc2cccc(C)c2C)cc1. The van der Waals surface area contributed by atoms with E-state index in [2.05, 4.69) is 5.32 Å². The molecule has 0 saturated heterocycles. The van der Waals surface area contributed by atoms with E-state index in [1.54, 1.807) is 31.2 Å². The minimum absolute atomic E-state index is 0.255. The van der Waals surface area contributed by atoms with Gasteiger partial charge in [0.15, 0.2) is 6.10 Å². The Morgan fingerprint density at radius 2 is 1.78 bits per heavy atom. The van der Waals surface area contributed by atoms with E-state index in [1.165, 1.54) is 0 Å². The minimum Gasteiger partial charge on any atom is -0.481 e. The number of anilines is 1. The smallest absolute Gasteiger partial charge is 0.338 e. The molecule has 0 aliphatic heterocycles. The van der Waals surface area contributed by atoms with Gasteiger partial charge in [0.25, 0.3) is 5.91 Å². The maximum Gasteiger partial charge on any atom is 0.338 e. The van der Waals surface area contributed by atoms with Crippen LogP contribution in [0.4, 0.5) is 5.69 Å². The van der Waals surface area contributed by atoms with Gasteiger partial charge in [0, 0.05) is 5.69 Å². The molecule has 27 heavy (non-hydrogen) atoms. The predicted octanol–water partition coefficient (Wildman–Crippen LogP) is 4.67. The first-order chi connectivity index (χ1) is 12.9. The number of rotatable bonds is 8. The minimum atomic E-state index is -0.649. The Morgan fingerprint density at radius 1 is 1.07 bits per heavy atom.